The Morgan fingerprint density at radius 1 is 1.14 bits per heavy atom. The summed E-state index contributed by atoms with van der Waals surface area (Å²) >= 11 is 5.73. The SMILES string of the molecule is CC(COc1ccc(C(C)C)cc1)Nc1nc(N)nc(Cl)n1. The van der Waals surface area contributed by atoms with Crippen LogP contribution in [0, 0.1) is 0 Å². The maximum absolute atomic E-state index is 5.74. The molecule has 1 unspecified atom stereocenters. The molecule has 118 valence electrons. The van der Waals surface area contributed by atoms with Crippen LogP contribution in [-0.2, 0) is 0 Å². The number of hydrogen-bond acceptors (Lipinski definition) is 6. The minimum atomic E-state index is -0.0114. The van der Waals surface area contributed by atoms with Gasteiger partial charge in [-0.15, -0.1) is 0 Å². The van der Waals surface area contributed by atoms with E-state index in [2.05, 4.69) is 46.2 Å². The molecule has 0 aliphatic heterocycles. The van der Waals surface area contributed by atoms with Crippen LogP contribution in [0.1, 0.15) is 32.3 Å². The zero-order valence-electron chi connectivity index (χ0n) is 12.9. The molecule has 2 rings (SSSR count). The van der Waals surface area contributed by atoms with Crippen molar-refractivity contribution in [2.24, 2.45) is 0 Å². The molecule has 2 aromatic rings. The van der Waals surface area contributed by atoms with Gasteiger partial charge in [0.25, 0.3) is 0 Å². The standard InChI is InChI=1S/C15H20ClN5O/c1-9(2)11-4-6-12(7-5-11)22-8-10(3)18-15-20-13(16)19-14(17)21-15/h4-7,9-10H,8H2,1-3H3,(H3,17,18,19,20,21). The minimum Gasteiger partial charge on any atom is -0.491 e. The molecular weight excluding hydrogens is 302 g/mol. The van der Waals surface area contributed by atoms with E-state index in [0.29, 0.717) is 18.5 Å². The van der Waals surface area contributed by atoms with Crippen molar-refractivity contribution in [1.29, 1.82) is 0 Å². The molecule has 1 aromatic carbocycles. The molecule has 0 aliphatic carbocycles. The number of nitrogens with one attached hydrogen (secondary N) is 1. The van der Waals surface area contributed by atoms with E-state index in [1.54, 1.807) is 0 Å². The molecule has 1 aromatic heterocycles. The molecule has 0 radical (unpaired) electrons. The normalized spacial score (nSPS) is 12.2. The van der Waals surface area contributed by atoms with Gasteiger partial charge in [-0.05, 0) is 42.1 Å². The predicted octanol–water partition coefficient (Wildman–Crippen LogP) is 3.11. The third kappa shape index (κ3) is 4.73. The molecule has 1 atom stereocenters. The molecule has 0 saturated carbocycles. The van der Waals surface area contributed by atoms with Crippen LogP contribution >= 0.6 is 11.6 Å². The fourth-order valence-electron chi connectivity index (χ4n) is 1.86. The Kier molecular flexibility index (Phi) is 5.38. The molecule has 3 N–H and O–H groups in total. The van der Waals surface area contributed by atoms with Gasteiger partial charge in [0.2, 0.25) is 17.2 Å². The smallest absolute Gasteiger partial charge is 0.229 e. The number of rotatable bonds is 6. The lowest BCUT2D eigenvalue weighted by atomic mass is 10.0. The monoisotopic (exact) mass is 321 g/mol. The maximum Gasteiger partial charge on any atom is 0.229 e. The van der Waals surface area contributed by atoms with Crippen molar-refractivity contribution in [2.45, 2.75) is 32.7 Å². The van der Waals surface area contributed by atoms with Crippen LogP contribution in [0.2, 0.25) is 5.28 Å². The summed E-state index contributed by atoms with van der Waals surface area (Å²) < 4.78 is 5.74. The van der Waals surface area contributed by atoms with Gasteiger partial charge in [0.1, 0.15) is 12.4 Å². The van der Waals surface area contributed by atoms with E-state index >= 15 is 0 Å². The van der Waals surface area contributed by atoms with Gasteiger partial charge in [0.05, 0.1) is 6.04 Å². The van der Waals surface area contributed by atoms with Crippen LogP contribution in [0.4, 0.5) is 11.9 Å². The average Bonchev–Trinajstić information content (AvgIpc) is 2.44. The first kappa shape index (κ1) is 16.3. The lowest BCUT2D eigenvalue weighted by molar-refractivity contribution is 0.303. The number of anilines is 2. The Labute approximate surface area is 135 Å². The summed E-state index contributed by atoms with van der Waals surface area (Å²) in [5, 5.41) is 3.13. The van der Waals surface area contributed by atoms with Crippen molar-refractivity contribution in [2.75, 3.05) is 17.7 Å². The Morgan fingerprint density at radius 2 is 1.82 bits per heavy atom. The molecule has 0 spiro atoms. The van der Waals surface area contributed by atoms with Gasteiger partial charge < -0.3 is 15.8 Å². The van der Waals surface area contributed by atoms with Crippen LogP contribution in [0.5, 0.6) is 5.75 Å². The zero-order valence-corrected chi connectivity index (χ0v) is 13.6. The largest absolute Gasteiger partial charge is 0.491 e. The molecule has 22 heavy (non-hydrogen) atoms. The van der Waals surface area contributed by atoms with Gasteiger partial charge in [0, 0.05) is 0 Å². The summed E-state index contributed by atoms with van der Waals surface area (Å²) in [6.45, 7) is 6.74. The van der Waals surface area contributed by atoms with Gasteiger partial charge in [-0.25, -0.2) is 0 Å². The van der Waals surface area contributed by atoms with E-state index in [0.717, 1.165) is 5.75 Å². The topological polar surface area (TPSA) is 86.0 Å². The summed E-state index contributed by atoms with van der Waals surface area (Å²) in [6, 6.07) is 8.08. The predicted molar refractivity (Wildman–Crippen MR) is 88.4 cm³/mol. The van der Waals surface area contributed by atoms with Crippen LogP contribution in [0.3, 0.4) is 0 Å². The maximum atomic E-state index is 5.74. The molecule has 6 nitrogen and oxygen atoms in total. The summed E-state index contributed by atoms with van der Waals surface area (Å²) in [6.07, 6.45) is 0. The lowest BCUT2D eigenvalue weighted by Crippen LogP contribution is -2.25. The van der Waals surface area contributed by atoms with E-state index in [1.807, 2.05) is 19.1 Å². The first-order valence-electron chi connectivity index (χ1n) is 7.10. The molecular formula is C15H20ClN5O. The van der Waals surface area contributed by atoms with Crippen LogP contribution in [-0.4, -0.2) is 27.6 Å². The number of ether oxygens (including phenoxy) is 1. The third-order valence-electron chi connectivity index (χ3n) is 3.05. The molecule has 0 bridgehead atoms. The van der Waals surface area contributed by atoms with Crippen molar-refractivity contribution in [1.82, 2.24) is 15.0 Å². The highest BCUT2D eigenvalue weighted by molar-refractivity contribution is 6.28. The Hall–Kier alpha value is -2.08. The summed E-state index contributed by atoms with van der Waals surface area (Å²) in [5.41, 5.74) is 6.81. The Morgan fingerprint density at radius 3 is 2.41 bits per heavy atom. The van der Waals surface area contributed by atoms with Crippen LogP contribution < -0.4 is 15.8 Å². The Bertz CT molecular complexity index is 598. The molecule has 1 heterocycles. The van der Waals surface area contributed by atoms with Crippen molar-refractivity contribution in [3.8, 4) is 5.75 Å². The number of benzene rings is 1. The zero-order chi connectivity index (χ0) is 16.1. The van der Waals surface area contributed by atoms with Crippen molar-refractivity contribution >= 4 is 23.5 Å². The van der Waals surface area contributed by atoms with E-state index < -0.39 is 0 Å². The van der Waals surface area contributed by atoms with Gasteiger partial charge in [0.15, 0.2) is 0 Å². The van der Waals surface area contributed by atoms with Gasteiger partial charge in [-0.1, -0.05) is 26.0 Å². The van der Waals surface area contributed by atoms with Crippen molar-refractivity contribution in [3.05, 3.63) is 35.1 Å². The Balaban J connectivity index is 1.88. The quantitative estimate of drug-likeness (QED) is 0.850. The fourth-order valence-corrected chi connectivity index (χ4v) is 2.03. The van der Waals surface area contributed by atoms with Crippen LogP contribution in [0.15, 0.2) is 24.3 Å². The van der Waals surface area contributed by atoms with Gasteiger partial charge in [-0.2, -0.15) is 15.0 Å². The highest BCUT2D eigenvalue weighted by Gasteiger charge is 2.08. The van der Waals surface area contributed by atoms with Gasteiger partial charge in [-0.3, -0.25) is 0 Å². The number of nitrogens with two attached hydrogens (primary N) is 1. The van der Waals surface area contributed by atoms with Crippen molar-refractivity contribution in [3.63, 3.8) is 0 Å². The molecule has 0 amide bonds. The van der Waals surface area contributed by atoms with Gasteiger partial charge >= 0.3 is 0 Å². The molecule has 0 saturated heterocycles. The fraction of sp³-hybridized carbons (Fsp3) is 0.400. The first-order chi connectivity index (χ1) is 10.4. The van der Waals surface area contributed by atoms with Crippen molar-refractivity contribution < 1.29 is 4.74 Å². The summed E-state index contributed by atoms with van der Waals surface area (Å²) in [4.78, 5) is 11.6. The number of hydrogen-bond donors (Lipinski definition) is 2. The minimum absolute atomic E-state index is 0.0114. The third-order valence-corrected chi connectivity index (χ3v) is 3.22. The summed E-state index contributed by atoms with van der Waals surface area (Å²) in [5.74, 6) is 1.75. The molecule has 0 fully saturated rings. The number of halogens is 1. The second kappa shape index (κ2) is 7.26. The van der Waals surface area contributed by atoms with E-state index in [-0.39, 0.29) is 17.3 Å². The number of nitrogen functional groups attached to an aromatic ring is 1. The lowest BCUT2D eigenvalue weighted by Gasteiger charge is -2.15. The average molecular weight is 322 g/mol. The van der Waals surface area contributed by atoms with E-state index in [9.17, 15) is 0 Å². The second-order valence-electron chi connectivity index (χ2n) is 5.37. The van der Waals surface area contributed by atoms with Crippen LogP contribution in [0.25, 0.3) is 0 Å². The highest BCUT2D eigenvalue weighted by atomic mass is 35.5. The van der Waals surface area contributed by atoms with E-state index in [4.69, 9.17) is 22.1 Å². The molecule has 0 aliphatic rings. The van der Waals surface area contributed by atoms with E-state index in [1.165, 1.54) is 5.56 Å². The number of aromatic nitrogens is 3. The second-order valence-corrected chi connectivity index (χ2v) is 5.70. The summed E-state index contributed by atoms with van der Waals surface area (Å²) in [7, 11) is 0. The highest BCUT2D eigenvalue weighted by Crippen LogP contribution is 2.18. The number of nitrogens with zero attached hydrogens (tertiary/aromatic N) is 3. The molecule has 7 heteroatoms. The first-order valence-corrected chi connectivity index (χ1v) is 7.48.